The minimum atomic E-state index is -0.0755. The van der Waals surface area contributed by atoms with Crippen molar-refractivity contribution in [3.8, 4) is 0 Å². The monoisotopic (exact) mass is 270 g/mol. The number of rotatable bonds is 8. The third-order valence-electron chi connectivity index (χ3n) is 3.49. The van der Waals surface area contributed by atoms with Crippen molar-refractivity contribution in [2.45, 2.75) is 40.0 Å². The maximum atomic E-state index is 12.3. The predicted octanol–water partition coefficient (Wildman–Crippen LogP) is 1.88. The predicted molar refractivity (Wildman–Crippen MR) is 77.8 cm³/mol. The molecule has 4 heteroatoms. The van der Waals surface area contributed by atoms with E-state index < -0.39 is 0 Å². The molecule has 19 heavy (non-hydrogen) atoms. The topological polar surface area (TPSA) is 55.6 Å². The highest BCUT2D eigenvalue weighted by atomic mass is 16.5. The number of carbonyl (C=O) groups excluding carboxylic acids is 1. The number of nitrogens with zero attached hydrogens (tertiary/aromatic N) is 1. The largest absolute Gasteiger partial charge is 0.379 e. The van der Waals surface area contributed by atoms with E-state index in [1.54, 1.807) is 4.90 Å². The van der Waals surface area contributed by atoms with Gasteiger partial charge in [0.15, 0.2) is 0 Å². The molecule has 1 aliphatic rings. The van der Waals surface area contributed by atoms with Crippen LogP contribution in [0, 0.1) is 17.3 Å². The van der Waals surface area contributed by atoms with Crippen LogP contribution in [0.3, 0.4) is 0 Å². The Bertz CT molecular complexity index is 282. The van der Waals surface area contributed by atoms with E-state index in [9.17, 15) is 4.79 Å². The van der Waals surface area contributed by atoms with E-state index in [1.807, 2.05) is 7.05 Å². The Morgan fingerprint density at radius 3 is 2.53 bits per heavy atom. The second kappa shape index (κ2) is 7.25. The molecule has 0 aromatic heterocycles. The molecule has 1 saturated carbocycles. The standard InChI is InChI=1S/C15H30N2O2/c1-15(2,3)9-13(10-16)14(18)17(4)7-8-19-11-12-5-6-12/h12-13H,5-11,16H2,1-4H3. The molecule has 0 aliphatic heterocycles. The van der Waals surface area contributed by atoms with Crippen LogP contribution in [-0.4, -0.2) is 44.2 Å². The first-order chi connectivity index (χ1) is 8.83. The van der Waals surface area contributed by atoms with Crippen molar-refractivity contribution in [3.05, 3.63) is 0 Å². The molecule has 0 aromatic rings. The number of ether oxygens (including phenoxy) is 1. The van der Waals surface area contributed by atoms with Gasteiger partial charge in [-0.25, -0.2) is 0 Å². The molecule has 1 atom stereocenters. The van der Waals surface area contributed by atoms with Crippen LogP contribution in [0.4, 0.5) is 0 Å². The first kappa shape index (κ1) is 16.4. The average molecular weight is 270 g/mol. The van der Waals surface area contributed by atoms with Gasteiger partial charge < -0.3 is 15.4 Å². The SMILES string of the molecule is CN(CCOCC1CC1)C(=O)C(CN)CC(C)(C)C. The Hall–Kier alpha value is -0.610. The van der Waals surface area contributed by atoms with Gasteiger partial charge in [0.1, 0.15) is 0 Å². The fourth-order valence-corrected chi connectivity index (χ4v) is 2.17. The summed E-state index contributed by atoms with van der Waals surface area (Å²) >= 11 is 0. The van der Waals surface area contributed by atoms with Crippen LogP contribution in [-0.2, 0) is 9.53 Å². The first-order valence-electron chi connectivity index (χ1n) is 7.36. The minimum Gasteiger partial charge on any atom is -0.379 e. The molecule has 0 radical (unpaired) electrons. The van der Waals surface area contributed by atoms with Gasteiger partial charge in [0.25, 0.3) is 0 Å². The molecule has 1 unspecified atom stereocenters. The average Bonchev–Trinajstić information content (AvgIpc) is 3.13. The van der Waals surface area contributed by atoms with Gasteiger partial charge in [0.05, 0.1) is 12.5 Å². The molecule has 0 spiro atoms. The zero-order valence-corrected chi connectivity index (χ0v) is 12.9. The number of carbonyl (C=O) groups is 1. The molecular weight excluding hydrogens is 240 g/mol. The normalized spacial score (nSPS) is 17.3. The Labute approximate surface area is 117 Å². The molecule has 1 fully saturated rings. The molecule has 2 N–H and O–H groups in total. The minimum absolute atomic E-state index is 0.0755. The van der Waals surface area contributed by atoms with E-state index in [1.165, 1.54) is 12.8 Å². The van der Waals surface area contributed by atoms with E-state index in [2.05, 4.69) is 20.8 Å². The summed E-state index contributed by atoms with van der Waals surface area (Å²) < 4.78 is 5.57. The molecular formula is C15H30N2O2. The van der Waals surface area contributed by atoms with E-state index >= 15 is 0 Å². The van der Waals surface area contributed by atoms with Crippen molar-refractivity contribution < 1.29 is 9.53 Å². The fourth-order valence-electron chi connectivity index (χ4n) is 2.17. The molecule has 4 nitrogen and oxygen atoms in total. The number of hydrogen-bond acceptors (Lipinski definition) is 3. The molecule has 0 aromatic carbocycles. The Morgan fingerprint density at radius 2 is 2.05 bits per heavy atom. The Balaban J connectivity index is 2.26. The summed E-state index contributed by atoms with van der Waals surface area (Å²) in [5.74, 6) is 0.847. The summed E-state index contributed by atoms with van der Waals surface area (Å²) in [6, 6.07) is 0. The van der Waals surface area contributed by atoms with Crippen molar-refractivity contribution >= 4 is 5.91 Å². The molecule has 0 heterocycles. The summed E-state index contributed by atoms with van der Waals surface area (Å²) in [6.07, 6.45) is 3.43. The molecule has 0 saturated heterocycles. The molecule has 1 amide bonds. The van der Waals surface area contributed by atoms with E-state index in [0.29, 0.717) is 19.7 Å². The fraction of sp³-hybridized carbons (Fsp3) is 0.933. The summed E-state index contributed by atoms with van der Waals surface area (Å²) in [6.45, 7) is 8.98. The van der Waals surface area contributed by atoms with E-state index in [-0.39, 0.29) is 17.2 Å². The Kier molecular flexibility index (Phi) is 6.27. The second-order valence-electron chi connectivity index (χ2n) is 6.98. The van der Waals surface area contributed by atoms with Crippen LogP contribution >= 0.6 is 0 Å². The Morgan fingerprint density at radius 1 is 1.42 bits per heavy atom. The zero-order valence-electron chi connectivity index (χ0n) is 12.9. The van der Waals surface area contributed by atoms with Gasteiger partial charge >= 0.3 is 0 Å². The van der Waals surface area contributed by atoms with Crippen molar-refractivity contribution in [3.63, 3.8) is 0 Å². The van der Waals surface area contributed by atoms with Crippen LogP contribution < -0.4 is 5.73 Å². The van der Waals surface area contributed by atoms with Crippen molar-refractivity contribution in [1.82, 2.24) is 4.90 Å². The van der Waals surface area contributed by atoms with Gasteiger partial charge in [-0.3, -0.25) is 4.79 Å². The molecule has 1 rings (SSSR count). The van der Waals surface area contributed by atoms with Crippen LogP contribution in [0.25, 0.3) is 0 Å². The summed E-state index contributed by atoms with van der Waals surface area (Å²) in [5.41, 5.74) is 5.87. The van der Waals surface area contributed by atoms with Gasteiger partial charge in [-0.15, -0.1) is 0 Å². The lowest BCUT2D eigenvalue weighted by Crippen LogP contribution is -2.40. The third-order valence-corrected chi connectivity index (χ3v) is 3.49. The molecule has 0 bridgehead atoms. The van der Waals surface area contributed by atoms with Gasteiger partial charge in [0.2, 0.25) is 5.91 Å². The first-order valence-corrected chi connectivity index (χ1v) is 7.36. The van der Waals surface area contributed by atoms with Crippen molar-refractivity contribution in [2.75, 3.05) is 33.4 Å². The van der Waals surface area contributed by atoms with Crippen LogP contribution in [0.5, 0.6) is 0 Å². The lowest BCUT2D eigenvalue weighted by molar-refractivity contribution is -0.135. The highest BCUT2D eigenvalue weighted by Crippen LogP contribution is 2.28. The summed E-state index contributed by atoms with van der Waals surface area (Å²) in [5, 5.41) is 0. The van der Waals surface area contributed by atoms with Crippen molar-refractivity contribution in [2.24, 2.45) is 23.0 Å². The summed E-state index contributed by atoms with van der Waals surface area (Å²) in [4.78, 5) is 14.0. The second-order valence-corrected chi connectivity index (χ2v) is 6.98. The maximum absolute atomic E-state index is 12.3. The number of likely N-dealkylation sites (N-methyl/N-ethyl adjacent to an activating group) is 1. The number of hydrogen-bond donors (Lipinski definition) is 1. The lowest BCUT2D eigenvalue weighted by atomic mass is 9.84. The van der Waals surface area contributed by atoms with Gasteiger partial charge in [-0.05, 0) is 30.6 Å². The zero-order chi connectivity index (χ0) is 14.5. The van der Waals surface area contributed by atoms with Crippen LogP contribution in [0.15, 0.2) is 0 Å². The smallest absolute Gasteiger partial charge is 0.226 e. The van der Waals surface area contributed by atoms with Gasteiger partial charge in [0, 0.05) is 26.7 Å². The van der Waals surface area contributed by atoms with Gasteiger partial charge in [-0.1, -0.05) is 20.8 Å². The van der Waals surface area contributed by atoms with Crippen molar-refractivity contribution in [1.29, 1.82) is 0 Å². The molecule has 112 valence electrons. The van der Waals surface area contributed by atoms with E-state index in [4.69, 9.17) is 10.5 Å². The number of nitrogens with two attached hydrogens (primary N) is 1. The van der Waals surface area contributed by atoms with Crippen LogP contribution in [0.1, 0.15) is 40.0 Å². The summed E-state index contributed by atoms with van der Waals surface area (Å²) in [7, 11) is 1.84. The lowest BCUT2D eigenvalue weighted by Gasteiger charge is -2.28. The van der Waals surface area contributed by atoms with Gasteiger partial charge in [-0.2, -0.15) is 0 Å². The highest BCUT2D eigenvalue weighted by molar-refractivity contribution is 5.78. The quantitative estimate of drug-likeness (QED) is 0.685. The molecule has 1 aliphatic carbocycles. The number of amides is 1. The maximum Gasteiger partial charge on any atom is 0.226 e. The third kappa shape index (κ3) is 6.92. The van der Waals surface area contributed by atoms with Crippen LogP contribution in [0.2, 0.25) is 0 Å². The highest BCUT2D eigenvalue weighted by Gasteiger charge is 2.26. The van der Waals surface area contributed by atoms with E-state index in [0.717, 1.165) is 18.9 Å².